The number of hydrogen-bond acceptors (Lipinski definition) is 5. The minimum absolute atomic E-state index is 0.0542. The standard InChI is InChI=1S/C19H21F3N2O4S/c1-2-29(25,26)24-15-7-8-27-10-12(15)11-28-17-6-4-14(18(21)19(17)22)16-5-3-13(20)9-23-16/h3-6,9,12,15,24H,2,7-8,10-11H2,1H3/t12-,15+/m1/s1. The Morgan fingerprint density at radius 3 is 2.69 bits per heavy atom. The van der Waals surface area contributed by atoms with Crippen LogP contribution in [0.5, 0.6) is 5.75 Å². The molecule has 10 heteroatoms. The van der Waals surface area contributed by atoms with E-state index in [0.717, 1.165) is 12.3 Å². The average Bonchev–Trinajstić information content (AvgIpc) is 2.71. The van der Waals surface area contributed by atoms with Crippen LogP contribution in [0.25, 0.3) is 11.3 Å². The van der Waals surface area contributed by atoms with Crippen molar-refractivity contribution in [2.75, 3.05) is 25.6 Å². The Hall–Kier alpha value is -2.17. The van der Waals surface area contributed by atoms with Gasteiger partial charge in [-0.15, -0.1) is 0 Å². The lowest BCUT2D eigenvalue weighted by Crippen LogP contribution is -2.48. The molecular weight excluding hydrogens is 409 g/mol. The maximum atomic E-state index is 14.5. The van der Waals surface area contributed by atoms with Crippen molar-refractivity contribution < 1.29 is 31.1 Å². The zero-order chi connectivity index (χ0) is 21.0. The second-order valence-corrected chi connectivity index (χ2v) is 8.71. The Labute approximate surface area is 167 Å². The highest BCUT2D eigenvalue weighted by Gasteiger charge is 2.30. The van der Waals surface area contributed by atoms with E-state index in [1.54, 1.807) is 0 Å². The van der Waals surface area contributed by atoms with Crippen molar-refractivity contribution in [2.45, 2.75) is 19.4 Å². The molecule has 0 aliphatic carbocycles. The number of hydrogen-bond donors (Lipinski definition) is 1. The Bertz CT molecular complexity index is 955. The van der Waals surface area contributed by atoms with Crippen LogP contribution in [0.2, 0.25) is 0 Å². The summed E-state index contributed by atoms with van der Waals surface area (Å²) in [5, 5.41) is 0. The van der Waals surface area contributed by atoms with Crippen molar-refractivity contribution in [1.29, 1.82) is 0 Å². The van der Waals surface area contributed by atoms with Crippen molar-refractivity contribution in [3.63, 3.8) is 0 Å². The zero-order valence-electron chi connectivity index (χ0n) is 15.7. The van der Waals surface area contributed by atoms with Crippen LogP contribution in [0, 0.1) is 23.4 Å². The molecule has 1 aromatic carbocycles. The molecule has 1 aromatic heterocycles. The maximum absolute atomic E-state index is 14.5. The molecule has 1 saturated heterocycles. The Kier molecular flexibility index (Phi) is 6.76. The first kappa shape index (κ1) is 21.5. The lowest BCUT2D eigenvalue weighted by Gasteiger charge is -2.31. The fraction of sp³-hybridized carbons (Fsp3) is 0.421. The van der Waals surface area contributed by atoms with Gasteiger partial charge in [-0.1, -0.05) is 0 Å². The molecule has 2 heterocycles. The van der Waals surface area contributed by atoms with Gasteiger partial charge in [0.15, 0.2) is 11.6 Å². The average molecular weight is 430 g/mol. The van der Waals surface area contributed by atoms with Crippen LogP contribution in [0.1, 0.15) is 13.3 Å². The van der Waals surface area contributed by atoms with Crippen molar-refractivity contribution in [1.82, 2.24) is 9.71 Å². The number of nitrogens with zero attached hydrogens (tertiary/aromatic N) is 1. The van der Waals surface area contributed by atoms with Gasteiger partial charge in [-0.25, -0.2) is 21.9 Å². The molecule has 2 aromatic rings. The SMILES string of the molecule is CCS(=O)(=O)N[C@H]1CCOC[C@@H]1COc1ccc(-c2ccc(F)cn2)c(F)c1F. The maximum Gasteiger partial charge on any atom is 0.211 e. The van der Waals surface area contributed by atoms with Gasteiger partial charge in [-0.2, -0.15) is 4.39 Å². The summed E-state index contributed by atoms with van der Waals surface area (Å²) in [4.78, 5) is 3.75. The minimum Gasteiger partial charge on any atom is -0.490 e. The fourth-order valence-electron chi connectivity index (χ4n) is 3.00. The molecule has 1 aliphatic heterocycles. The van der Waals surface area contributed by atoms with Gasteiger partial charge < -0.3 is 9.47 Å². The molecule has 29 heavy (non-hydrogen) atoms. The van der Waals surface area contributed by atoms with E-state index in [9.17, 15) is 21.6 Å². The smallest absolute Gasteiger partial charge is 0.211 e. The molecule has 3 rings (SSSR count). The molecule has 0 unspecified atom stereocenters. The quantitative estimate of drug-likeness (QED) is 0.731. The van der Waals surface area contributed by atoms with Gasteiger partial charge in [0.05, 0.1) is 30.9 Å². The van der Waals surface area contributed by atoms with Gasteiger partial charge in [0.25, 0.3) is 0 Å². The van der Waals surface area contributed by atoms with E-state index >= 15 is 0 Å². The van der Waals surface area contributed by atoms with Crippen molar-refractivity contribution in [2.24, 2.45) is 5.92 Å². The summed E-state index contributed by atoms with van der Waals surface area (Å²) in [5.74, 6) is -3.67. The monoisotopic (exact) mass is 430 g/mol. The lowest BCUT2D eigenvalue weighted by atomic mass is 9.98. The van der Waals surface area contributed by atoms with Gasteiger partial charge in [-0.05, 0) is 37.6 Å². The Balaban J connectivity index is 1.73. The third kappa shape index (κ3) is 5.26. The molecule has 0 saturated carbocycles. The summed E-state index contributed by atoms with van der Waals surface area (Å²) in [7, 11) is -3.42. The minimum atomic E-state index is -3.42. The predicted molar refractivity (Wildman–Crippen MR) is 100 cm³/mol. The molecule has 0 bridgehead atoms. The highest BCUT2D eigenvalue weighted by molar-refractivity contribution is 7.89. The van der Waals surface area contributed by atoms with Gasteiger partial charge in [0.1, 0.15) is 5.82 Å². The molecule has 1 aliphatic rings. The van der Waals surface area contributed by atoms with Gasteiger partial charge in [0.2, 0.25) is 15.8 Å². The number of benzene rings is 1. The van der Waals surface area contributed by atoms with E-state index in [-0.39, 0.29) is 41.9 Å². The topological polar surface area (TPSA) is 77.5 Å². The second-order valence-electron chi connectivity index (χ2n) is 6.66. The van der Waals surface area contributed by atoms with E-state index in [2.05, 4.69) is 9.71 Å². The number of nitrogens with one attached hydrogen (secondary N) is 1. The first-order chi connectivity index (χ1) is 13.8. The molecule has 1 fully saturated rings. The molecular formula is C19H21F3N2O4S. The molecule has 0 radical (unpaired) electrons. The Morgan fingerprint density at radius 1 is 1.21 bits per heavy atom. The third-order valence-electron chi connectivity index (χ3n) is 4.69. The molecule has 158 valence electrons. The molecule has 6 nitrogen and oxygen atoms in total. The largest absolute Gasteiger partial charge is 0.490 e. The number of ether oxygens (including phenoxy) is 2. The number of rotatable bonds is 7. The van der Waals surface area contributed by atoms with E-state index < -0.39 is 33.5 Å². The van der Waals surface area contributed by atoms with Crippen LogP contribution in [-0.4, -0.2) is 45.0 Å². The van der Waals surface area contributed by atoms with Crippen LogP contribution in [0.3, 0.4) is 0 Å². The van der Waals surface area contributed by atoms with Crippen molar-refractivity contribution >= 4 is 10.0 Å². The van der Waals surface area contributed by atoms with Gasteiger partial charge in [0, 0.05) is 24.1 Å². The summed E-state index contributed by atoms with van der Waals surface area (Å²) in [5.41, 5.74) is -0.0338. The van der Waals surface area contributed by atoms with Crippen LogP contribution in [-0.2, 0) is 14.8 Å². The zero-order valence-corrected chi connectivity index (χ0v) is 16.5. The summed E-state index contributed by atoms with van der Waals surface area (Å²) in [6.07, 6.45) is 1.37. The van der Waals surface area contributed by atoms with Crippen LogP contribution >= 0.6 is 0 Å². The van der Waals surface area contributed by atoms with Crippen LogP contribution in [0.15, 0.2) is 30.5 Å². The van der Waals surface area contributed by atoms with Gasteiger partial charge in [-0.3, -0.25) is 4.98 Å². The summed E-state index contributed by atoms with van der Waals surface area (Å²) in [6, 6.07) is 4.49. The molecule has 2 atom stereocenters. The normalized spacial score (nSPS) is 19.9. The highest BCUT2D eigenvalue weighted by Crippen LogP contribution is 2.29. The number of aromatic nitrogens is 1. The predicted octanol–water partition coefficient (Wildman–Crippen LogP) is 2.89. The highest BCUT2D eigenvalue weighted by atomic mass is 32.2. The second kappa shape index (κ2) is 9.10. The van der Waals surface area contributed by atoms with E-state index in [4.69, 9.17) is 9.47 Å². The lowest BCUT2D eigenvalue weighted by molar-refractivity contribution is 0.0179. The summed E-state index contributed by atoms with van der Waals surface area (Å²) < 4.78 is 79.0. The van der Waals surface area contributed by atoms with E-state index in [1.807, 2.05) is 0 Å². The third-order valence-corrected chi connectivity index (χ3v) is 6.11. The van der Waals surface area contributed by atoms with E-state index in [1.165, 1.54) is 25.1 Å². The molecule has 1 N–H and O–H groups in total. The number of halogens is 3. The van der Waals surface area contributed by atoms with Crippen LogP contribution < -0.4 is 9.46 Å². The van der Waals surface area contributed by atoms with Gasteiger partial charge >= 0.3 is 0 Å². The first-order valence-corrected chi connectivity index (χ1v) is 10.8. The number of pyridine rings is 1. The molecule has 0 amide bonds. The van der Waals surface area contributed by atoms with E-state index in [0.29, 0.717) is 13.0 Å². The number of sulfonamides is 1. The van der Waals surface area contributed by atoms with Crippen molar-refractivity contribution in [3.05, 3.63) is 47.9 Å². The first-order valence-electron chi connectivity index (χ1n) is 9.11. The summed E-state index contributed by atoms with van der Waals surface area (Å²) >= 11 is 0. The fourth-order valence-corrected chi connectivity index (χ4v) is 3.94. The summed E-state index contributed by atoms with van der Waals surface area (Å²) in [6.45, 7) is 2.11. The van der Waals surface area contributed by atoms with Crippen molar-refractivity contribution in [3.8, 4) is 17.0 Å². The van der Waals surface area contributed by atoms with Crippen LogP contribution in [0.4, 0.5) is 13.2 Å². The Morgan fingerprint density at radius 2 is 2.00 bits per heavy atom. The molecule has 0 spiro atoms.